The molecule has 0 fully saturated rings. The van der Waals surface area contributed by atoms with Gasteiger partial charge in [0.05, 0.1) is 12.0 Å². The van der Waals surface area contributed by atoms with Crippen molar-refractivity contribution in [3.63, 3.8) is 0 Å². The monoisotopic (exact) mass is 398 g/mol. The Morgan fingerprint density at radius 1 is 1.11 bits per heavy atom. The molecule has 0 saturated carbocycles. The maximum atomic E-state index is 13.0. The molecule has 160 valence electrons. The third-order valence-corrected chi connectivity index (χ3v) is 4.32. The first-order chi connectivity index (χ1) is 12.7. The molecule has 9 nitrogen and oxygen atoms in total. The van der Waals surface area contributed by atoms with Crippen molar-refractivity contribution in [3.05, 3.63) is 11.7 Å². The topological polar surface area (TPSA) is 138 Å². The molecular formula is C19H34N4O5. The molecule has 0 unspecified atom stereocenters. The molecule has 0 radical (unpaired) electrons. The fourth-order valence-electron chi connectivity index (χ4n) is 2.71. The van der Waals surface area contributed by atoms with E-state index in [0.29, 0.717) is 11.7 Å². The van der Waals surface area contributed by atoms with Crippen LogP contribution in [-0.2, 0) is 15.0 Å². The Hall–Kier alpha value is -2.00. The number of carbonyl (C=O) groups excluding carboxylic acids is 2. The van der Waals surface area contributed by atoms with Gasteiger partial charge in [0.15, 0.2) is 5.82 Å². The van der Waals surface area contributed by atoms with Gasteiger partial charge in [-0.15, -0.1) is 0 Å². The van der Waals surface area contributed by atoms with E-state index in [2.05, 4.69) is 15.5 Å². The third-order valence-electron chi connectivity index (χ3n) is 4.32. The van der Waals surface area contributed by atoms with Crippen LogP contribution in [-0.4, -0.2) is 38.4 Å². The average Bonchev–Trinajstić information content (AvgIpc) is 3.04. The summed E-state index contributed by atoms with van der Waals surface area (Å²) in [5, 5.41) is 25.9. The lowest BCUT2D eigenvalue weighted by molar-refractivity contribution is -0.147. The maximum Gasteiger partial charge on any atom is 0.272 e. The van der Waals surface area contributed by atoms with Crippen LogP contribution >= 0.6 is 0 Å². The summed E-state index contributed by atoms with van der Waals surface area (Å²) in [6.45, 7) is 15.3. The van der Waals surface area contributed by atoms with Gasteiger partial charge in [0, 0.05) is 5.41 Å². The second-order valence-corrected chi connectivity index (χ2v) is 9.67. The highest BCUT2D eigenvalue weighted by Gasteiger charge is 2.38. The molecule has 0 aromatic carbocycles. The van der Waals surface area contributed by atoms with Crippen molar-refractivity contribution in [2.45, 2.75) is 79.4 Å². The lowest BCUT2D eigenvalue weighted by Crippen LogP contribution is -2.48. The number of aliphatic hydroxyl groups is 1. The van der Waals surface area contributed by atoms with E-state index >= 15 is 0 Å². The van der Waals surface area contributed by atoms with Crippen molar-refractivity contribution in [2.75, 3.05) is 0 Å². The van der Waals surface area contributed by atoms with Crippen LogP contribution in [0.15, 0.2) is 4.52 Å². The zero-order valence-corrected chi connectivity index (χ0v) is 18.0. The quantitative estimate of drug-likeness (QED) is 0.407. The number of hydrogen-bond acceptors (Lipinski definition) is 7. The molecule has 1 aromatic heterocycles. The van der Waals surface area contributed by atoms with E-state index in [-0.39, 0.29) is 17.8 Å². The predicted molar refractivity (Wildman–Crippen MR) is 102 cm³/mol. The second kappa shape index (κ2) is 9.00. The molecular weight excluding hydrogens is 364 g/mol. The minimum absolute atomic E-state index is 0.0441. The fraction of sp³-hybridized carbons (Fsp3) is 0.789. The van der Waals surface area contributed by atoms with Crippen molar-refractivity contribution in [3.8, 4) is 0 Å². The van der Waals surface area contributed by atoms with Crippen LogP contribution in [0.25, 0.3) is 0 Å². The largest absolute Gasteiger partial charge is 0.382 e. The zero-order chi connectivity index (χ0) is 21.9. The molecule has 0 spiro atoms. The van der Waals surface area contributed by atoms with Crippen molar-refractivity contribution in [1.29, 1.82) is 0 Å². The molecule has 0 saturated heterocycles. The first kappa shape index (κ1) is 24.0. The number of amides is 2. The number of aromatic nitrogens is 2. The standard InChI is InChI=1S/C19H34N4O5/c1-10(2)9-11(12(24)16(26)22-27)15(25)20-13(18(3,4)5)14-21-17(28-23-14)19(6,7)8/h10-13,24,27H,9H2,1-8H3,(H,20,25)(H,22,26)/t11-,12+,13-/m1/s1. The molecule has 0 aliphatic carbocycles. The normalized spacial score (nSPS) is 15.8. The zero-order valence-electron chi connectivity index (χ0n) is 18.0. The van der Waals surface area contributed by atoms with Gasteiger partial charge >= 0.3 is 0 Å². The summed E-state index contributed by atoms with van der Waals surface area (Å²) in [4.78, 5) is 29.1. The van der Waals surface area contributed by atoms with E-state index in [1.54, 1.807) is 0 Å². The predicted octanol–water partition coefficient (Wildman–Crippen LogP) is 2.10. The summed E-state index contributed by atoms with van der Waals surface area (Å²) in [5.41, 5.74) is 0.603. The molecule has 0 aliphatic rings. The number of hydroxylamine groups is 1. The van der Waals surface area contributed by atoms with E-state index in [4.69, 9.17) is 9.73 Å². The number of aliphatic hydroxyl groups excluding tert-OH is 1. The van der Waals surface area contributed by atoms with Gasteiger partial charge in [-0.25, -0.2) is 5.48 Å². The van der Waals surface area contributed by atoms with Gasteiger partial charge in [0.1, 0.15) is 6.10 Å². The Morgan fingerprint density at radius 2 is 1.68 bits per heavy atom. The summed E-state index contributed by atoms with van der Waals surface area (Å²) in [6, 6.07) is -0.598. The second-order valence-electron chi connectivity index (χ2n) is 9.67. The highest BCUT2D eigenvalue weighted by Crippen LogP contribution is 2.33. The summed E-state index contributed by atoms with van der Waals surface area (Å²) in [7, 11) is 0. The van der Waals surface area contributed by atoms with Gasteiger partial charge in [-0.05, 0) is 17.8 Å². The smallest absolute Gasteiger partial charge is 0.272 e. The maximum absolute atomic E-state index is 13.0. The molecule has 9 heteroatoms. The average molecular weight is 399 g/mol. The fourth-order valence-corrected chi connectivity index (χ4v) is 2.71. The van der Waals surface area contributed by atoms with E-state index in [1.165, 1.54) is 5.48 Å². The Kier molecular flexibility index (Phi) is 7.73. The molecule has 3 atom stereocenters. The highest BCUT2D eigenvalue weighted by atomic mass is 16.5. The van der Waals surface area contributed by atoms with Crippen LogP contribution in [0.5, 0.6) is 0 Å². The molecule has 1 heterocycles. The Labute approximate surface area is 166 Å². The van der Waals surface area contributed by atoms with E-state index in [1.807, 2.05) is 55.4 Å². The number of rotatable bonds is 7. The van der Waals surface area contributed by atoms with E-state index in [0.717, 1.165) is 0 Å². The lowest BCUT2D eigenvalue weighted by atomic mass is 9.84. The molecule has 28 heavy (non-hydrogen) atoms. The van der Waals surface area contributed by atoms with Crippen LogP contribution < -0.4 is 10.8 Å². The molecule has 2 amide bonds. The molecule has 1 rings (SSSR count). The summed E-state index contributed by atoms with van der Waals surface area (Å²) >= 11 is 0. The molecule has 4 N–H and O–H groups in total. The first-order valence-electron chi connectivity index (χ1n) is 9.45. The van der Waals surface area contributed by atoms with Gasteiger partial charge < -0.3 is 14.9 Å². The van der Waals surface area contributed by atoms with Crippen LogP contribution in [0, 0.1) is 17.3 Å². The highest BCUT2D eigenvalue weighted by molar-refractivity contribution is 5.88. The van der Waals surface area contributed by atoms with Gasteiger partial charge in [-0.1, -0.05) is 60.5 Å². The van der Waals surface area contributed by atoms with Crippen LogP contribution in [0.3, 0.4) is 0 Å². The molecule has 1 aromatic rings. The van der Waals surface area contributed by atoms with Crippen molar-refractivity contribution < 1.29 is 24.4 Å². The van der Waals surface area contributed by atoms with Gasteiger partial charge in [-0.3, -0.25) is 14.8 Å². The van der Waals surface area contributed by atoms with Gasteiger partial charge in [0.2, 0.25) is 11.8 Å². The summed E-state index contributed by atoms with van der Waals surface area (Å²) in [5.74, 6) is -1.76. The van der Waals surface area contributed by atoms with Gasteiger partial charge in [0.25, 0.3) is 5.91 Å². The lowest BCUT2D eigenvalue weighted by Gasteiger charge is -2.31. The summed E-state index contributed by atoms with van der Waals surface area (Å²) < 4.78 is 5.36. The first-order valence-corrected chi connectivity index (χ1v) is 9.45. The van der Waals surface area contributed by atoms with Gasteiger partial charge in [-0.2, -0.15) is 4.98 Å². The van der Waals surface area contributed by atoms with E-state index < -0.39 is 35.3 Å². The minimum Gasteiger partial charge on any atom is -0.382 e. The van der Waals surface area contributed by atoms with Crippen LogP contribution in [0.2, 0.25) is 0 Å². The number of nitrogens with zero attached hydrogens (tertiary/aromatic N) is 2. The minimum atomic E-state index is -1.68. The van der Waals surface area contributed by atoms with Crippen LogP contribution in [0.4, 0.5) is 0 Å². The Balaban J connectivity index is 3.17. The molecule has 0 bridgehead atoms. The summed E-state index contributed by atoms with van der Waals surface area (Å²) in [6.07, 6.45) is -1.42. The third kappa shape index (κ3) is 6.27. The van der Waals surface area contributed by atoms with Crippen molar-refractivity contribution in [1.82, 2.24) is 20.9 Å². The number of nitrogens with one attached hydrogen (secondary N) is 2. The van der Waals surface area contributed by atoms with E-state index in [9.17, 15) is 14.7 Å². The van der Waals surface area contributed by atoms with Crippen molar-refractivity contribution >= 4 is 11.8 Å². The Bertz CT molecular complexity index is 673. The van der Waals surface area contributed by atoms with Crippen molar-refractivity contribution in [2.24, 2.45) is 17.3 Å². The number of hydrogen-bond donors (Lipinski definition) is 4. The molecule has 0 aliphatic heterocycles. The number of carbonyl (C=O) groups is 2. The SMILES string of the molecule is CC(C)C[C@@H](C(=O)N[C@H](c1noc(C(C)(C)C)n1)C(C)(C)C)[C@H](O)C(=O)NO. The van der Waals surface area contributed by atoms with Crippen LogP contribution in [0.1, 0.15) is 79.6 Å². The Morgan fingerprint density at radius 3 is 2.07 bits per heavy atom.